The number of carbonyl (C=O) groups excluding carboxylic acids is 3. The van der Waals surface area contributed by atoms with E-state index in [0.717, 1.165) is 11.3 Å². The van der Waals surface area contributed by atoms with Crippen molar-refractivity contribution in [1.29, 1.82) is 0 Å². The van der Waals surface area contributed by atoms with Crippen LogP contribution in [0.2, 0.25) is 5.02 Å². The molecule has 1 unspecified atom stereocenters. The lowest BCUT2D eigenvalue weighted by atomic mass is 9.84. The van der Waals surface area contributed by atoms with E-state index in [-0.39, 0.29) is 33.6 Å². The van der Waals surface area contributed by atoms with Gasteiger partial charge in [0.05, 0.1) is 23.4 Å². The van der Waals surface area contributed by atoms with Crippen molar-refractivity contribution in [2.45, 2.75) is 26.4 Å². The van der Waals surface area contributed by atoms with Gasteiger partial charge in [0.25, 0.3) is 0 Å². The lowest BCUT2D eigenvalue weighted by Crippen LogP contribution is -2.39. The Bertz CT molecular complexity index is 1270. The third-order valence-corrected chi connectivity index (χ3v) is 6.29. The first-order valence-corrected chi connectivity index (χ1v) is 11.4. The Morgan fingerprint density at radius 2 is 1.56 bits per heavy atom. The fourth-order valence-corrected chi connectivity index (χ4v) is 4.14. The summed E-state index contributed by atoms with van der Waals surface area (Å²) >= 11 is 6.40. The second-order valence-corrected chi connectivity index (χ2v) is 8.65. The summed E-state index contributed by atoms with van der Waals surface area (Å²) in [7, 11) is 1.86. The minimum Gasteiger partial charge on any atom is -0.494 e. The molecule has 3 aromatic rings. The lowest BCUT2D eigenvalue weighted by Gasteiger charge is -2.25. The van der Waals surface area contributed by atoms with Gasteiger partial charge in [-0.25, -0.2) is 0 Å². The quantitative estimate of drug-likeness (QED) is 0.407. The number of ether oxygens (including phenoxy) is 1. The molecule has 1 aliphatic rings. The van der Waals surface area contributed by atoms with Gasteiger partial charge in [-0.3, -0.25) is 19.3 Å². The molecule has 0 saturated carbocycles. The maximum absolute atomic E-state index is 13.0. The average molecular weight is 477 g/mol. The number of hydrogen-bond acceptors (Lipinski definition) is 5. The van der Waals surface area contributed by atoms with Crippen LogP contribution in [0.1, 0.15) is 51.3 Å². The van der Waals surface area contributed by atoms with Crippen LogP contribution in [0.15, 0.2) is 60.7 Å². The molecule has 0 aromatic heterocycles. The van der Waals surface area contributed by atoms with E-state index in [0.29, 0.717) is 30.0 Å². The predicted molar refractivity (Wildman–Crippen MR) is 132 cm³/mol. The minimum atomic E-state index is -0.475. The minimum absolute atomic E-state index is 0.203. The molecule has 7 heteroatoms. The number of nitrogens with one attached hydrogen (secondary N) is 1. The number of anilines is 1. The molecule has 6 nitrogen and oxygen atoms in total. The first-order valence-electron chi connectivity index (χ1n) is 11.0. The summed E-state index contributed by atoms with van der Waals surface area (Å²) in [4.78, 5) is 40.7. The molecular formula is C27H25ClN2O4. The number of carbonyl (C=O) groups is 3. The van der Waals surface area contributed by atoms with Crippen LogP contribution in [0, 0.1) is 0 Å². The fourth-order valence-electron chi connectivity index (χ4n) is 3.93. The van der Waals surface area contributed by atoms with Crippen molar-refractivity contribution in [3.05, 3.63) is 93.5 Å². The van der Waals surface area contributed by atoms with Crippen molar-refractivity contribution < 1.29 is 19.1 Å². The Hall–Kier alpha value is -3.48. The van der Waals surface area contributed by atoms with E-state index in [1.165, 1.54) is 12.1 Å². The van der Waals surface area contributed by atoms with Gasteiger partial charge in [0.15, 0.2) is 11.6 Å². The van der Waals surface area contributed by atoms with Crippen molar-refractivity contribution in [3.63, 3.8) is 0 Å². The molecule has 0 saturated heterocycles. The molecule has 0 bridgehead atoms. The number of benzene rings is 3. The van der Waals surface area contributed by atoms with E-state index in [1.807, 2.05) is 43.1 Å². The molecule has 0 radical (unpaired) electrons. The standard InChI is InChI=1S/C27H25ClN2O4/c1-4-34-18-11-9-17(10-12-18)15-30(3)16(2)27(33)29-24-14-22-21(13-23(24)28)25(31)19-7-5-6-8-20(19)26(22)32/h5-14,16H,4,15H2,1-3H3,(H,29,33). The largest absolute Gasteiger partial charge is 0.494 e. The molecule has 1 N–H and O–H groups in total. The van der Waals surface area contributed by atoms with Gasteiger partial charge in [-0.05, 0) is 50.7 Å². The number of hydrogen-bond donors (Lipinski definition) is 1. The number of halogens is 1. The van der Waals surface area contributed by atoms with Crippen molar-refractivity contribution in [1.82, 2.24) is 4.90 Å². The molecule has 0 aliphatic heterocycles. The first kappa shape index (κ1) is 23.7. The molecule has 1 aliphatic carbocycles. The third-order valence-electron chi connectivity index (χ3n) is 5.98. The SMILES string of the molecule is CCOc1ccc(CN(C)C(C)C(=O)Nc2cc3c(cc2Cl)C(=O)c2ccccc2C3=O)cc1. The van der Waals surface area contributed by atoms with Gasteiger partial charge in [-0.1, -0.05) is 48.0 Å². The third kappa shape index (κ3) is 4.60. The summed E-state index contributed by atoms with van der Waals surface area (Å²) in [5.41, 5.74) is 2.53. The van der Waals surface area contributed by atoms with Gasteiger partial charge in [-0.2, -0.15) is 0 Å². The van der Waals surface area contributed by atoms with Crippen molar-refractivity contribution in [3.8, 4) is 5.75 Å². The van der Waals surface area contributed by atoms with Crippen LogP contribution in [0.5, 0.6) is 5.75 Å². The fraction of sp³-hybridized carbons (Fsp3) is 0.222. The maximum Gasteiger partial charge on any atom is 0.241 e. The predicted octanol–water partition coefficient (Wildman–Crippen LogP) is 4.97. The van der Waals surface area contributed by atoms with Crippen molar-refractivity contribution >= 4 is 34.8 Å². The summed E-state index contributed by atoms with van der Waals surface area (Å²) in [6.45, 7) is 4.89. The highest BCUT2D eigenvalue weighted by Gasteiger charge is 2.31. The summed E-state index contributed by atoms with van der Waals surface area (Å²) in [5.74, 6) is 0.00846. The monoisotopic (exact) mass is 476 g/mol. The smallest absolute Gasteiger partial charge is 0.241 e. The Morgan fingerprint density at radius 1 is 0.971 bits per heavy atom. The first-order chi connectivity index (χ1) is 16.3. The number of likely N-dealkylation sites (N-methyl/N-ethyl adjacent to an activating group) is 1. The van der Waals surface area contributed by atoms with Gasteiger partial charge in [0.2, 0.25) is 5.91 Å². The molecular weight excluding hydrogens is 452 g/mol. The highest BCUT2D eigenvalue weighted by molar-refractivity contribution is 6.36. The molecule has 174 valence electrons. The van der Waals surface area contributed by atoms with E-state index >= 15 is 0 Å². The van der Waals surface area contributed by atoms with E-state index in [2.05, 4.69) is 5.32 Å². The second-order valence-electron chi connectivity index (χ2n) is 8.24. The van der Waals surface area contributed by atoms with Gasteiger partial charge >= 0.3 is 0 Å². The maximum atomic E-state index is 13.0. The van der Waals surface area contributed by atoms with Crippen LogP contribution < -0.4 is 10.1 Å². The number of nitrogens with zero attached hydrogens (tertiary/aromatic N) is 1. The zero-order valence-electron chi connectivity index (χ0n) is 19.2. The number of amides is 1. The molecule has 3 aromatic carbocycles. The lowest BCUT2D eigenvalue weighted by molar-refractivity contribution is -0.120. The van der Waals surface area contributed by atoms with Gasteiger partial charge in [0.1, 0.15) is 5.75 Å². The molecule has 4 rings (SSSR count). The van der Waals surface area contributed by atoms with Crippen LogP contribution in [0.4, 0.5) is 5.69 Å². The van der Waals surface area contributed by atoms with Gasteiger partial charge in [0, 0.05) is 28.8 Å². The second kappa shape index (κ2) is 9.79. The van der Waals surface area contributed by atoms with E-state index in [1.54, 1.807) is 31.2 Å². The number of ketones is 2. The molecule has 1 atom stereocenters. The highest BCUT2D eigenvalue weighted by Crippen LogP contribution is 2.33. The van der Waals surface area contributed by atoms with E-state index < -0.39 is 6.04 Å². The zero-order chi connectivity index (χ0) is 24.4. The topological polar surface area (TPSA) is 75.7 Å². The van der Waals surface area contributed by atoms with Crippen molar-refractivity contribution in [2.24, 2.45) is 0 Å². The van der Waals surface area contributed by atoms with Crippen LogP contribution in [-0.4, -0.2) is 42.1 Å². The summed E-state index contributed by atoms with van der Waals surface area (Å²) in [6, 6.07) is 16.9. The number of fused-ring (bicyclic) bond motifs is 2. The molecule has 1 amide bonds. The van der Waals surface area contributed by atoms with Crippen LogP contribution in [0.3, 0.4) is 0 Å². The van der Waals surface area contributed by atoms with E-state index in [4.69, 9.17) is 16.3 Å². The van der Waals surface area contributed by atoms with Crippen LogP contribution in [0.25, 0.3) is 0 Å². The summed E-state index contributed by atoms with van der Waals surface area (Å²) in [6.07, 6.45) is 0. The molecule has 0 fully saturated rings. The Balaban J connectivity index is 1.49. The highest BCUT2D eigenvalue weighted by atomic mass is 35.5. The molecule has 0 heterocycles. The molecule has 0 spiro atoms. The Kier molecular flexibility index (Phi) is 6.82. The number of rotatable bonds is 7. The Labute approximate surface area is 203 Å². The Morgan fingerprint density at radius 3 is 2.15 bits per heavy atom. The summed E-state index contributed by atoms with van der Waals surface area (Å²) < 4.78 is 5.47. The normalized spacial score (nSPS) is 13.3. The van der Waals surface area contributed by atoms with Crippen LogP contribution in [-0.2, 0) is 11.3 Å². The molecule has 34 heavy (non-hydrogen) atoms. The summed E-state index contributed by atoms with van der Waals surface area (Å²) in [5, 5.41) is 3.02. The zero-order valence-corrected chi connectivity index (χ0v) is 20.0. The van der Waals surface area contributed by atoms with E-state index in [9.17, 15) is 14.4 Å². The van der Waals surface area contributed by atoms with Crippen LogP contribution >= 0.6 is 11.6 Å². The van der Waals surface area contributed by atoms with Crippen molar-refractivity contribution in [2.75, 3.05) is 19.0 Å². The van der Waals surface area contributed by atoms with Gasteiger partial charge < -0.3 is 10.1 Å². The average Bonchev–Trinajstić information content (AvgIpc) is 2.84. The van der Waals surface area contributed by atoms with Gasteiger partial charge in [-0.15, -0.1) is 0 Å².